The molecular formula is C55H109NO5. The second-order valence-corrected chi connectivity index (χ2v) is 19.4. The smallest absolute Gasteiger partial charge is 0.306 e. The number of esters is 1. The van der Waals surface area contributed by atoms with Gasteiger partial charge in [0.05, 0.1) is 25.2 Å². The zero-order valence-corrected chi connectivity index (χ0v) is 41.6. The number of amides is 1. The number of carbonyl (C=O) groups is 2. The van der Waals surface area contributed by atoms with Crippen molar-refractivity contribution < 1.29 is 24.5 Å². The molecular weight excluding hydrogens is 755 g/mol. The van der Waals surface area contributed by atoms with E-state index in [1.54, 1.807) is 0 Å². The van der Waals surface area contributed by atoms with E-state index in [4.69, 9.17) is 4.74 Å². The highest BCUT2D eigenvalue weighted by Crippen LogP contribution is 2.19. The first kappa shape index (κ1) is 59.9. The van der Waals surface area contributed by atoms with Gasteiger partial charge in [0.2, 0.25) is 5.91 Å². The Hall–Kier alpha value is -1.14. The number of carbonyl (C=O) groups excluding carboxylic acids is 2. The Bertz CT molecular complexity index is 882. The molecule has 3 unspecified atom stereocenters. The van der Waals surface area contributed by atoms with E-state index in [1.807, 2.05) is 0 Å². The molecule has 364 valence electrons. The van der Waals surface area contributed by atoms with Gasteiger partial charge in [0.1, 0.15) is 6.10 Å². The lowest BCUT2D eigenvalue weighted by molar-refractivity contribution is -0.151. The van der Waals surface area contributed by atoms with Crippen molar-refractivity contribution in [2.75, 3.05) is 6.61 Å². The standard InChI is InChI=1S/C55H109NO5/c1-4-7-10-13-16-19-22-24-26-28-30-32-34-37-40-43-46-51(61-55(60)48-45-42-39-36-21-18-15-12-9-6-3)49-54(59)56-52(50-57)53(58)47-44-41-38-35-33-31-29-27-25-23-20-17-14-11-8-5-2/h51-53,57-58H,4-50H2,1-3H3,(H,56,59). The van der Waals surface area contributed by atoms with E-state index >= 15 is 0 Å². The van der Waals surface area contributed by atoms with Gasteiger partial charge in [-0.1, -0.05) is 278 Å². The van der Waals surface area contributed by atoms with Crippen LogP contribution >= 0.6 is 0 Å². The summed E-state index contributed by atoms with van der Waals surface area (Å²) in [6.45, 7) is 6.52. The van der Waals surface area contributed by atoms with E-state index < -0.39 is 18.2 Å². The van der Waals surface area contributed by atoms with Crippen molar-refractivity contribution in [1.29, 1.82) is 0 Å². The maximum absolute atomic E-state index is 13.2. The van der Waals surface area contributed by atoms with Crippen molar-refractivity contribution in [2.24, 2.45) is 0 Å². The average molecular weight is 864 g/mol. The minimum atomic E-state index is -0.779. The minimum Gasteiger partial charge on any atom is -0.462 e. The molecule has 0 spiro atoms. The normalized spacial score (nSPS) is 13.1. The van der Waals surface area contributed by atoms with Gasteiger partial charge >= 0.3 is 5.97 Å². The number of hydrogen-bond donors (Lipinski definition) is 3. The van der Waals surface area contributed by atoms with Crippen LogP contribution in [0.25, 0.3) is 0 Å². The molecule has 0 saturated heterocycles. The number of aliphatic hydroxyl groups excluding tert-OH is 2. The molecule has 0 aliphatic heterocycles. The summed E-state index contributed by atoms with van der Waals surface area (Å²) in [5.41, 5.74) is 0. The Morgan fingerprint density at radius 2 is 0.689 bits per heavy atom. The van der Waals surface area contributed by atoms with Crippen LogP contribution in [-0.4, -0.2) is 46.9 Å². The van der Waals surface area contributed by atoms with Gasteiger partial charge in [-0.05, 0) is 25.7 Å². The lowest BCUT2D eigenvalue weighted by atomic mass is 10.0. The van der Waals surface area contributed by atoms with Crippen molar-refractivity contribution in [1.82, 2.24) is 5.32 Å². The van der Waals surface area contributed by atoms with Gasteiger partial charge in [-0.15, -0.1) is 0 Å². The first-order valence-corrected chi connectivity index (χ1v) is 27.8. The molecule has 61 heavy (non-hydrogen) atoms. The molecule has 0 bridgehead atoms. The lowest BCUT2D eigenvalue weighted by Gasteiger charge is -2.24. The summed E-state index contributed by atoms with van der Waals surface area (Å²) < 4.78 is 5.94. The maximum Gasteiger partial charge on any atom is 0.306 e. The van der Waals surface area contributed by atoms with Crippen molar-refractivity contribution in [2.45, 2.75) is 334 Å². The summed E-state index contributed by atoms with van der Waals surface area (Å²) >= 11 is 0. The van der Waals surface area contributed by atoms with Gasteiger partial charge in [0, 0.05) is 6.42 Å². The number of nitrogens with one attached hydrogen (secondary N) is 1. The van der Waals surface area contributed by atoms with Crippen LogP contribution in [-0.2, 0) is 14.3 Å². The van der Waals surface area contributed by atoms with Crippen LogP contribution in [0.3, 0.4) is 0 Å². The zero-order chi connectivity index (χ0) is 44.5. The SMILES string of the molecule is CCCCCCCCCCCCCCCCCCC(CC(=O)NC(CO)C(O)CCCCCCCCCCCCCCCCCC)OC(=O)CCCCCCCCCCCC. The second kappa shape index (κ2) is 49.9. The van der Waals surface area contributed by atoms with Gasteiger partial charge in [0.25, 0.3) is 0 Å². The van der Waals surface area contributed by atoms with Crippen molar-refractivity contribution >= 4 is 11.9 Å². The van der Waals surface area contributed by atoms with Gasteiger partial charge in [-0.3, -0.25) is 9.59 Å². The van der Waals surface area contributed by atoms with Gasteiger partial charge in [-0.2, -0.15) is 0 Å². The van der Waals surface area contributed by atoms with Gasteiger partial charge in [-0.25, -0.2) is 0 Å². The largest absolute Gasteiger partial charge is 0.462 e. The number of rotatable bonds is 51. The number of aliphatic hydroxyl groups is 2. The van der Waals surface area contributed by atoms with Crippen LogP contribution in [0.2, 0.25) is 0 Å². The summed E-state index contributed by atoms with van der Waals surface area (Å²) in [6.07, 6.45) is 54.5. The monoisotopic (exact) mass is 864 g/mol. The van der Waals surface area contributed by atoms with E-state index in [0.717, 1.165) is 44.9 Å². The molecule has 6 heteroatoms. The van der Waals surface area contributed by atoms with E-state index in [1.165, 1.54) is 225 Å². The summed E-state index contributed by atoms with van der Waals surface area (Å²) in [4.78, 5) is 26.1. The van der Waals surface area contributed by atoms with Crippen molar-refractivity contribution in [3.8, 4) is 0 Å². The third kappa shape index (κ3) is 45.2. The van der Waals surface area contributed by atoms with E-state index in [9.17, 15) is 19.8 Å². The molecule has 0 aromatic carbocycles. The number of unbranched alkanes of at least 4 members (excludes halogenated alkanes) is 39. The topological polar surface area (TPSA) is 95.9 Å². The summed E-state index contributed by atoms with van der Waals surface area (Å²) in [6, 6.07) is -0.692. The fourth-order valence-corrected chi connectivity index (χ4v) is 8.96. The molecule has 0 aromatic heterocycles. The molecule has 0 aliphatic carbocycles. The third-order valence-electron chi connectivity index (χ3n) is 13.2. The van der Waals surface area contributed by atoms with E-state index in [0.29, 0.717) is 19.3 Å². The Morgan fingerprint density at radius 1 is 0.410 bits per heavy atom. The van der Waals surface area contributed by atoms with Gasteiger partial charge < -0.3 is 20.3 Å². The van der Waals surface area contributed by atoms with Crippen LogP contribution < -0.4 is 5.32 Å². The lowest BCUT2D eigenvalue weighted by Crippen LogP contribution is -2.46. The van der Waals surface area contributed by atoms with Crippen LogP contribution in [0.15, 0.2) is 0 Å². The summed E-state index contributed by atoms with van der Waals surface area (Å²) in [7, 11) is 0. The fraction of sp³-hybridized carbons (Fsp3) is 0.964. The molecule has 6 nitrogen and oxygen atoms in total. The molecule has 0 heterocycles. The molecule has 3 atom stereocenters. The second-order valence-electron chi connectivity index (χ2n) is 19.4. The van der Waals surface area contributed by atoms with E-state index in [-0.39, 0.29) is 24.9 Å². The number of ether oxygens (including phenoxy) is 1. The first-order chi connectivity index (χ1) is 30.0. The molecule has 1 amide bonds. The Kier molecular flexibility index (Phi) is 48.9. The summed E-state index contributed by atoms with van der Waals surface area (Å²) in [5, 5.41) is 23.8. The molecule has 3 N–H and O–H groups in total. The Labute approximate surface area is 381 Å². The number of hydrogen-bond acceptors (Lipinski definition) is 5. The van der Waals surface area contributed by atoms with E-state index in [2.05, 4.69) is 26.1 Å². The molecule has 0 aromatic rings. The average Bonchev–Trinajstić information content (AvgIpc) is 3.25. The van der Waals surface area contributed by atoms with Crippen molar-refractivity contribution in [3.05, 3.63) is 0 Å². The quantitative estimate of drug-likeness (QED) is 0.0418. The van der Waals surface area contributed by atoms with Gasteiger partial charge in [0.15, 0.2) is 0 Å². The molecule has 0 saturated carbocycles. The van der Waals surface area contributed by atoms with Crippen LogP contribution in [0.1, 0.15) is 316 Å². The fourth-order valence-electron chi connectivity index (χ4n) is 8.96. The van der Waals surface area contributed by atoms with Crippen LogP contribution in [0.4, 0.5) is 0 Å². The highest BCUT2D eigenvalue weighted by atomic mass is 16.5. The first-order valence-electron chi connectivity index (χ1n) is 27.8. The van der Waals surface area contributed by atoms with Crippen molar-refractivity contribution in [3.63, 3.8) is 0 Å². The predicted octanol–water partition coefficient (Wildman–Crippen LogP) is 16.7. The highest BCUT2D eigenvalue weighted by molar-refractivity contribution is 5.77. The Morgan fingerprint density at radius 3 is 1.00 bits per heavy atom. The maximum atomic E-state index is 13.2. The zero-order valence-electron chi connectivity index (χ0n) is 41.6. The molecule has 0 rings (SSSR count). The van der Waals surface area contributed by atoms with Crippen LogP contribution in [0, 0.1) is 0 Å². The highest BCUT2D eigenvalue weighted by Gasteiger charge is 2.24. The van der Waals surface area contributed by atoms with Crippen LogP contribution in [0.5, 0.6) is 0 Å². The molecule has 0 aliphatic rings. The minimum absolute atomic E-state index is 0.0881. The molecule has 0 fully saturated rings. The Balaban J connectivity index is 4.44. The third-order valence-corrected chi connectivity index (χ3v) is 13.2. The molecule has 0 radical (unpaired) electrons. The predicted molar refractivity (Wildman–Crippen MR) is 264 cm³/mol. The summed E-state index contributed by atoms with van der Waals surface area (Å²) in [5.74, 6) is -0.450.